The third-order valence-electron chi connectivity index (χ3n) is 3.44. The van der Waals surface area contributed by atoms with Crippen molar-refractivity contribution < 1.29 is 4.42 Å². The number of benzene rings is 1. The van der Waals surface area contributed by atoms with E-state index < -0.39 is 0 Å². The van der Waals surface area contributed by atoms with E-state index >= 15 is 0 Å². The molecule has 0 saturated heterocycles. The van der Waals surface area contributed by atoms with E-state index in [1.54, 1.807) is 18.0 Å². The fraction of sp³-hybridized carbons (Fsp3) is 0.250. The number of aromatic nitrogens is 1. The quantitative estimate of drug-likeness (QED) is 0.686. The molecule has 1 aromatic carbocycles. The number of aromatic amines is 1. The number of nitrogens with one attached hydrogen (secondary N) is 1. The first-order valence-corrected chi connectivity index (χ1v) is 7.69. The zero-order valence-electron chi connectivity index (χ0n) is 11.4. The molecule has 3 nitrogen and oxygen atoms in total. The van der Waals surface area contributed by atoms with Crippen molar-refractivity contribution >= 4 is 22.7 Å². The standard InChI is InChI=1S/C16H18N2OS/c1-2-12(17)16(14-8-5-9-19-14)20-15-10-11-6-3-4-7-13(11)18-15/h3-10,12,16,18H,2,17H2,1H3. The largest absolute Gasteiger partial charge is 0.468 e. The molecule has 4 heteroatoms. The summed E-state index contributed by atoms with van der Waals surface area (Å²) in [6.45, 7) is 2.10. The Hall–Kier alpha value is -1.65. The molecule has 0 aliphatic carbocycles. The molecule has 0 radical (unpaired) electrons. The van der Waals surface area contributed by atoms with E-state index in [4.69, 9.17) is 10.2 Å². The first-order chi connectivity index (χ1) is 9.78. The Labute approximate surface area is 122 Å². The average molecular weight is 286 g/mol. The van der Waals surface area contributed by atoms with E-state index in [1.165, 1.54) is 5.39 Å². The number of para-hydroxylation sites is 1. The highest BCUT2D eigenvalue weighted by Crippen LogP contribution is 2.38. The number of hydrogen-bond acceptors (Lipinski definition) is 3. The Morgan fingerprint density at radius 2 is 2.10 bits per heavy atom. The second-order valence-corrected chi connectivity index (χ2v) is 6.03. The molecule has 3 N–H and O–H groups in total. The molecule has 0 fully saturated rings. The van der Waals surface area contributed by atoms with Crippen LogP contribution < -0.4 is 5.73 Å². The van der Waals surface area contributed by atoms with Gasteiger partial charge in [0.25, 0.3) is 0 Å². The second kappa shape index (κ2) is 5.77. The number of H-pyrrole nitrogens is 1. The smallest absolute Gasteiger partial charge is 0.118 e. The summed E-state index contributed by atoms with van der Waals surface area (Å²) in [5.74, 6) is 0.933. The lowest BCUT2D eigenvalue weighted by atomic mass is 10.1. The fourth-order valence-corrected chi connectivity index (χ4v) is 3.53. The van der Waals surface area contributed by atoms with Crippen LogP contribution in [0, 0.1) is 0 Å². The van der Waals surface area contributed by atoms with E-state index in [0.29, 0.717) is 0 Å². The molecule has 104 valence electrons. The Bertz CT molecular complexity index is 642. The van der Waals surface area contributed by atoms with Crippen LogP contribution in [-0.4, -0.2) is 11.0 Å². The van der Waals surface area contributed by atoms with Crippen molar-refractivity contribution in [3.05, 3.63) is 54.5 Å². The van der Waals surface area contributed by atoms with Crippen LogP contribution in [0.15, 0.2) is 58.2 Å². The van der Waals surface area contributed by atoms with Gasteiger partial charge in [0, 0.05) is 16.9 Å². The molecule has 2 heterocycles. The summed E-state index contributed by atoms with van der Waals surface area (Å²) in [6.07, 6.45) is 2.62. The summed E-state index contributed by atoms with van der Waals surface area (Å²) < 4.78 is 5.55. The summed E-state index contributed by atoms with van der Waals surface area (Å²) in [5, 5.41) is 2.47. The predicted molar refractivity (Wildman–Crippen MR) is 83.9 cm³/mol. The van der Waals surface area contributed by atoms with Crippen molar-refractivity contribution in [3.8, 4) is 0 Å². The molecule has 2 aromatic heterocycles. The molecule has 3 rings (SSSR count). The van der Waals surface area contributed by atoms with Crippen LogP contribution in [0.5, 0.6) is 0 Å². The molecular formula is C16H18N2OS. The lowest BCUT2D eigenvalue weighted by Gasteiger charge is -2.19. The predicted octanol–water partition coefficient (Wildman–Crippen LogP) is 4.33. The highest BCUT2D eigenvalue weighted by atomic mass is 32.2. The Kier molecular flexibility index (Phi) is 3.85. The van der Waals surface area contributed by atoms with Crippen LogP contribution in [-0.2, 0) is 0 Å². The maximum Gasteiger partial charge on any atom is 0.118 e. The third-order valence-corrected chi connectivity index (χ3v) is 4.75. The Morgan fingerprint density at radius 3 is 2.80 bits per heavy atom. The number of nitrogens with two attached hydrogens (primary N) is 1. The van der Waals surface area contributed by atoms with Gasteiger partial charge >= 0.3 is 0 Å². The summed E-state index contributed by atoms with van der Waals surface area (Å²) in [7, 11) is 0. The normalized spacial score (nSPS) is 14.5. The summed E-state index contributed by atoms with van der Waals surface area (Å²) in [4.78, 5) is 3.43. The van der Waals surface area contributed by atoms with Crippen LogP contribution >= 0.6 is 11.8 Å². The SMILES string of the molecule is CCC(N)C(Sc1cc2ccccc2[nH]1)c1ccco1. The van der Waals surface area contributed by atoms with E-state index in [-0.39, 0.29) is 11.3 Å². The minimum Gasteiger partial charge on any atom is -0.468 e. The van der Waals surface area contributed by atoms with E-state index in [2.05, 4.69) is 30.1 Å². The van der Waals surface area contributed by atoms with Gasteiger partial charge in [-0.15, -0.1) is 0 Å². The van der Waals surface area contributed by atoms with Crippen molar-refractivity contribution in [3.63, 3.8) is 0 Å². The molecule has 0 amide bonds. The zero-order valence-corrected chi connectivity index (χ0v) is 12.2. The third kappa shape index (κ3) is 2.62. The molecule has 0 saturated carbocycles. The van der Waals surface area contributed by atoms with E-state index in [1.807, 2.05) is 24.3 Å². The second-order valence-electron chi connectivity index (χ2n) is 4.85. The maximum absolute atomic E-state index is 6.26. The van der Waals surface area contributed by atoms with Gasteiger partial charge in [-0.3, -0.25) is 0 Å². The number of fused-ring (bicyclic) bond motifs is 1. The van der Waals surface area contributed by atoms with E-state index in [0.717, 1.165) is 22.7 Å². The highest BCUT2D eigenvalue weighted by molar-refractivity contribution is 7.99. The van der Waals surface area contributed by atoms with Crippen LogP contribution in [0.3, 0.4) is 0 Å². The Balaban J connectivity index is 1.89. The molecule has 0 bridgehead atoms. The molecule has 20 heavy (non-hydrogen) atoms. The van der Waals surface area contributed by atoms with Crippen LogP contribution in [0.2, 0.25) is 0 Å². The van der Waals surface area contributed by atoms with Crippen LogP contribution in [0.1, 0.15) is 24.4 Å². The lowest BCUT2D eigenvalue weighted by Crippen LogP contribution is -2.25. The number of thioether (sulfide) groups is 1. The van der Waals surface area contributed by atoms with Gasteiger partial charge in [-0.05, 0) is 30.7 Å². The fourth-order valence-electron chi connectivity index (χ4n) is 2.27. The Morgan fingerprint density at radius 1 is 1.25 bits per heavy atom. The van der Waals surface area contributed by atoms with Gasteiger partial charge in [-0.1, -0.05) is 36.9 Å². The summed E-state index contributed by atoms with van der Waals surface area (Å²) in [6, 6.07) is 14.4. The van der Waals surface area contributed by atoms with Gasteiger partial charge in [-0.2, -0.15) is 0 Å². The zero-order chi connectivity index (χ0) is 13.9. The van der Waals surface area contributed by atoms with Crippen molar-refractivity contribution in [2.45, 2.75) is 29.7 Å². The molecule has 0 aliphatic heterocycles. The average Bonchev–Trinajstić information content (AvgIpc) is 3.12. The monoisotopic (exact) mass is 286 g/mol. The molecule has 2 atom stereocenters. The first-order valence-electron chi connectivity index (χ1n) is 6.81. The van der Waals surface area contributed by atoms with Crippen LogP contribution in [0.25, 0.3) is 10.9 Å². The molecule has 0 aliphatic rings. The van der Waals surface area contributed by atoms with Gasteiger partial charge in [0.15, 0.2) is 0 Å². The van der Waals surface area contributed by atoms with Crippen molar-refractivity contribution in [1.29, 1.82) is 0 Å². The van der Waals surface area contributed by atoms with Gasteiger partial charge in [0.1, 0.15) is 5.76 Å². The van der Waals surface area contributed by atoms with Crippen molar-refractivity contribution in [2.75, 3.05) is 0 Å². The number of furan rings is 1. The number of rotatable bonds is 5. The maximum atomic E-state index is 6.26. The van der Waals surface area contributed by atoms with Gasteiger partial charge < -0.3 is 15.1 Å². The van der Waals surface area contributed by atoms with Gasteiger partial charge in [-0.25, -0.2) is 0 Å². The first kappa shape index (κ1) is 13.3. The van der Waals surface area contributed by atoms with Crippen molar-refractivity contribution in [1.82, 2.24) is 4.98 Å². The van der Waals surface area contributed by atoms with E-state index in [9.17, 15) is 0 Å². The van der Waals surface area contributed by atoms with Gasteiger partial charge in [0.2, 0.25) is 0 Å². The molecule has 0 spiro atoms. The van der Waals surface area contributed by atoms with Crippen LogP contribution in [0.4, 0.5) is 0 Å². The molecular weight excluding hydrogens is 268 g/mol. The topological polar surface area (TPSA) is 55.0 Å². The molecule has 3 aromatic rings. The van der Waals surface area contributed by atoms with Gasteiger partial charge in [0.05, 0.1) is 16.5 Å². The number of hydrogen-bond donors (Lipinski definition) is 2. The highest BCUT2D eigenvalue weighted by Gasteiger charge is 2.23. The lowest BCUT2D eigenvalue weighted by molar-refractivity contribution is 0.473. The minimum atomic E-state index is 0.0672. The summed E-state index contributed by atoms with van der Waals surface area (Å²) >= 11 is 1.73. The summed E-state index contributed by atoms with van der Waals surface area (Å²) in [5.41, 5.74) is 7.41. The van der Waals surface area contributed by atoms with Crippen molar-refractivity contribution in [2.24, 2.45) is 5.73 Å². The minimum absolute atomic E-state index is 0.0672. The molecule has 2 unspecified atom stereocenters.